The smallest absolute Gasteiger partial charge is 0.307 e. The van der Waals surface area contributed by atoms with Gasteiger partial charge in [-0.3, -0.25) is 19.9 Å². The summed E-state index contributed by atoms with van der Waals surface area (Å²) in [4.78, 5) is 19.8. The third-order valence-corrected chi connectivity index (χ3v) is 17.8. The second-order valence-electron chi connectivity index (χ2n) is 23.3. The number of pyridine rings is 4. The van der Waals surface area contributed by atoms with Crippen LogP contribution in [0.2, 0.25) is 0 Å². The van der Waals surface area contributed by atoms with E-state index in [0.717, 1.165) is 139 Å². The van der Waals surface area contributed by atoms with Gasteiger partial charge in [-0.2, -0.15) is 18.4 Å². The van der Waals surface area contributed by atoms with Crippen LogP contribution in [0, 0.1) is 18.3 Å². The number of fused-ring (bicyclic) bond motifs is 6. The molecule has 6 heterocycles. The number of aryl methyl sites for hydroxylation is 1. The van der Waals surface area contributed by atoms with Gasteiger partial charge in [0.15, 0.2) is 0 Å². The van der Waals surface area contributed by atoms with Gasteiger partial charge in [0, 0.05) is 96.4 Å². The van der Waals surface area contributed by atoms with Crippen molar-refractivity contribution in [1.82, 2.24) is 29.1 Å². The van der Waals surface area contributed by atoms with Crippen LogP contribution in [0.25, 0.3) is 156 Å². The summed E-state index contributed by atoms with van der Waals surface area (Å²) in [5.74, 6) is 0. The quantitative estimate of drug-likeness (QED) is 0.129. The Labute approximate surface area is 533 Å². The van der Waals surface area contributed by atoms with Crippen LogP contribution in [0.3, 0.4) is 0 Å². The van der Waals surface area contributed by atoms with Crippen molar-refractivity contribution in [1.29, 1.82) is 5.26 Å². The van der Waals surface area contributed by atoms with E-state index in [1.165, 1.54) is 6.07 Å². The summed E-state index contributed by atoms with van der Waals surface area (Å²) in [6, 6.07) is 92.2. The predicted molar refractivity (Wildman–Crippen MR) is 370 cm³/mol. The molecule has 0 bridgehead atoms. The van der Waals surface area contributed by atoms with E-state index in [1.54, 1.807) is 25.1 Å². The van der Waals surface area contributed by atoms with E-state index in [1.807, 2.05) is 170 Å². The predicted octanol–water partition coefficient (Wildman–Crippen LogP) is 21.7. The molecular weight excluding hydrogens is 1150 g/mol. The summed E-state index contributed by atoms with van der Waals surface area (Å²) in [5, 5.41) is 15.3. The first kappa shape index (κ1) is 56.0. The largest absolute Gasteiger partial charge is 0.417 e. The van der Waals surface area contributed by atoms with Gasteiger partial charge in [-0.15, -0.1) is 0 Å². The van der Waals surface area contributed by atoms with Crippen molar-refractivity contribution >= 4 is 43.6 Å². The standard InChI is InChI=1S/C83H52F3N7/c1-52-15-14-24-71(83(84,85)86)82(52)70-46-81(93-78-43-59(63-31-39-74(90-50-63)55-20-10-4-11-21-55)27-35-68(78)69-36-28-60(44-79(69)93)64-32-40-75(91-51-64)56-22-12-5-13-23-56)80(45-65(70)47-87)92-76-41-57(61-29-37-72(88-48-61)53-16-6-2-7-17-53)25-33-66(76)67-34-26-58(42-77(67)92)62-30-38-73(89-49-62)54-18-8-3-9-19-54/h2-46,48-51H,1H3. The normalized spacial score (nSPS) is 11.6. The number of benzene rings is 10. The lowest BCUT2D eigenvalue weighted by molar-refractivity contribution is -0.137. The summed E-state index contributed by atoms with van der Waals surface area (Å²) in [5.41, 5.74) is 18.2. The summed E-state index contributed by atoms with van der Waals surface area (Å²) in [7, 11) is 0. The first-order chi connectivity index (χ1) is 45.6. The molecule has 0 aliphatic rings. The fraction of sp³-hybridized carbons (Fsp3) is 0.0241. The number of nitrogens with zero attached hydrogens (tertiary/aromatic N) is 7. The lowest BCUT2D eigenvalue weighted by Gasteiger charge is -2.22. The third kappa shape index (κ3) is 10.1. The molecule has 0 spiro atoms. The molecule has 0 atom stereocenters. The molecule has 16 rings (SSSR count). The van der Waals surface area contributed by atoms with E-state index in [-0.39, 0.29) is 16.7 Å². The number of alkyl halides is 3. The molecule has 0 amide bonds. The van der Waals surface area contributed by atoms with Gasteiger partial charge in [0.1, 0.15) is 0 Å². The summed E-state index contributed by atoms with van der Waals surface area (Å²) in [6.07, 6.45) is 2.77. The van der Waals surface area contributed by atoms with Crippen LogP contribution in [0.4, 0.5) is 13.2 Å². The minimum atomic E-state index is -4.76. The number of halogens is 3. The molecule has 0 aliphatic heterocycles. The monoisotopic (exact) mass is 1200 g/mol. The maximum Gasteiger partial charge on any atom is 0.417 e. The molecule has 0 unspecified atom stereocenters. The Morgan fingerprint density at radius 1 is 0.323 bits per heavy atom. The minimum Gasteiger partial charge on any atom is -0.307 e. The van der Waals surface area contributed by atoms with E-state index < -0.39 is 11.7 Å². The Balaban J connectivity index is 1.00. The Kier molecular flexibility index (Phi) is 13.8. The van der Waals surface area contributed by atoms with E-state index in [4.69, 9.17) is 19.9 Å². The van der Waals surface area contributed by atoms with Gasteiger partial charge in [-0.25, -0.2) is 0 Å². The first-order valence-electron chi connectivity index (χ1n) is 30.6. The SMILES string of the molecule is Cc1cccc(C(F)(F)F)c1-c1cc(-n2c3cc(-c4ccc(-c5ccccc5)nc4)ccc3c3ccc(-c4ccc(-c5ccccc5)nc4)cc32)c(-n2c3cc(-c4ccc(-c5ccccc5)nc4)ccc3c3ccc(-c4ccc(-c5ccccc5)nc4)cc32)cc1C#N. The lowest BCUT2D eigenvalue weighted by atomic mass is 9.90. The average Bonchev–Trinajstić information content (AvgIpc) is 1.60. The zero-order valence-corrected chi connectivity index (χ0v) is 50.1. The molecule has 0 aliphatic carbocycles. The lowest BCUT2D eigenvalue weighted by Crippen LogP contribution is -2.10. The van der Waals surface area contributed by atoms with Gasteiger partial charge in [0.2, 0.25) is 0 Å². The highest BCUT2D eigenvalue weighted by Gasteiger charge is 2.36. The second-order valence-corrected chi connectivity index (χ2v) is 23.3. The zero-order chi connectivity index (χ0) is 62.7. The maximum atomic E-state index is 15.7. The summed E-state index contributed by atoms with van der Waals surface area (Å²) < 4.78 is 51.5. The zero-order valence-electron chi connectivity index (χ0n) is 50.1. The van der Waals surface area contributed by atoms with Gasteiger partial charge in [0.25, 0.3) is 0 Å². The minimum absolute atomic E-state index is 0.0635. The summed E-state index contributed by atoms with van der Waals surface area (Å²) in [6.45, 7) is 1.67. The van der Waals surface area contributed by atoms with Crippen molar-refractivity contribution in [3.63, 3.8) is 0 Å². The number of nitriles is 1. The Morgan fingerprint density at radius 3 is 0.925 bits per heavy atom. The number of rotatable bonds is 11. The Hall–Kier alpha value is -12.3. The topological polar surface area (TPSA) is 85.2 Å². The number of hydrogen-bond donors (Lipinski definition) is 0. The van der Waals surface area contributed by atoms with Crippen LogP contribution in [0.15, 0.2) is 298 Å². The molecule has 7 nitrogen and oxygen atoms in total. The average molecular weight is 1200 g/mol. The second kappa shape index (κ2) is 22.9. The van der Waals surface area contributed by atoms with Gasteiger partial charge < -0.3 is 9.13 Å². The van der Waals surface area contributed by atoms with Crippen molar-refractivity contribution in [3.05, 3.63) is 314 Å². The third-order valence-electron chi connectivity index (χ3n) is 17.8. The Bertz CT molecular complexity index is 5290. The maximum absolute atomic E-state index is 15.7. The van der Waals surface area contributed by atoms with Crippen LogP contribution < -0.4 is 0 Å². The molecule has 440 valence electrons. The highest BCUT2D eigenvalue weighted by molar-refractivity contribution is 6.14. The summed E-state index contributed by atoms with van der Waals surface area (Å²) >= 11 is 0. The molecule has 0 saturated heterocycles. The van der Waals surface area contributed by atoms with Gasteiger partial charge in [0.05, 0.1) is 73.4 Å². The highest BCUT2D eigenvalue weighted by atomic mass is 19.4. The number of aromatic nitrogens is 6. The molecule has 10 heteroatoms. The van der Waals surface area contributed by atoms with Gasteiger partial charge in [-0.05, 0) is 107 Å². The van der Waals surface area contributed by atoms with Crippen molar-refractivity contribution < 1.29 is 13.2 Å². The number of hydrogen-bond acceptors (Lipinski definition) is 5. The van der Waals surface area contributed by atoms with Crippen LogP contribution in [-0.4, -0.2) is 29.1 Å². The van der Waals surface area contributed by atoms with Gasteiger partial charge in [-0.1, -0.05) is 206 Å². The molecule has 0 radical (unpaired) electrons. The first-order valence-corrected chi connectivity index (χ1v) is 30.6. The molecule has 0 saturated carbocycles. The fourth-order valence-corrected chi connectivity index (χ4v) is 13.1. The Morgan fingerprint density at radius 2 is 0.634 bits per heavy atom. The van der Waals surface area contributed by atoms with Crippen molar-refractivity contribution in [2.24, 2.45) is 0 Å². The van der Waals surface area contributed by atoms with Crippen molar-refractivity contribution in [3.8, 4) is 118 Å². The molecular formula is C83H52F3N7. The highest BCUT2D eigenvalue weighted by Crippen LogP contribution is 2.47. The van der Waals surface area contributed by atoms with Crippen LogP contribution in [0.1, 0.15) is 16.7 Å². The molecule has 0 N–H and O–H groups in total. The molecule has 0 fully saturated rings. The van der Waals surface area contributed by atoms with Crippen LogP contribution in [0.5, 0.6) is 0 Å². The van der Waals surface area contributed by atoms with E-state index in [2.05, 4.69) is 112 Å². The van der Waals surface area contributed by atoms with Gasteiger partial charge >= 0.3 is 6.18 Å². The van der Waals surface area contributed by atoms with Crippen LogP contribution >= 0.6 is 0 Å². The van der Waals surface area contributed by atoms with Crippen molar-refractivity contribution in [2.45, 2.75) is 13.1 Å². The molecule has 6 aromatic heterocycles. The molecule has 93 heavy (non-hydrogen) atoms. The van der Waals surface area contributed by atoms with Crippen LogP contribution in [-0.2, 0) is 6.18 Å². The molecule has 16 aromatic rings. The fourth-order valence-electron chi connectivity index (χ4n) is 13.1. The van der Waals surface area contributed by atoms with Crippen molar-refractivity contribution in [2.75, 3.05) is 0 Å². The van der Waals surface area contributed by atoms with E-state index in [9.17, 15) is 5.26 Å². The molecule has 10 aromatic carbocycles. The van der Waals surface area contributed by atoms with E-state index >= 15 is 13.2 Å². The van der Waals surface area contributed by atoms with E-state index in [0.29, 0.717) is 16.9 Å².